The van der Waals surface area contributed by atoms with Crippen LogP contribution in [0.3, 0.4) is 0 Å². The number of hydrogen-bond acceptors (Lipinski definition) is 1. The second-order valence-corrected chi connectivity index (χ2v) is 6.65. The molecule has 0 aromatic rings. The topological polar surface area (TPSA) is 12.4 Å². The Morgan fingerprint density at radius 1 is 1.38 bits per heavy atom. The lowest BCUT2D eigenvalue weighted by molar-refractivity contribution is 0.304. The van der Waals surface area contributed by atoms with Crippen LogP contribution in [-0.4, -0.2) is 16.9 Å². The van der Waals surface area contributed by atoms with Crippen molar-refractivity contribution in [2.24, 2.45) is 16.8 Å². The molecule has 0 saturated carbocycles. The molecule has 0 rings (SSSR count). The molecule has 0 aromatic heterocycles. The van der Waals surface area contributed by atoms with Gasteiger partial charge in [-0.15, -0.1) is 15.8 Å². The number of aliphatic imine (C=N–C) groups is 1. The van der Waals surface area contributed by atoms with E-state index < -0.39 is 0 Å². The van der Waals surface area contributed by atoms with Crippen LogP contribution in [0.4, 0.5) is 0 Å². The molecule has 4 unspecified atom stereocenters. The summed E-state index contributed by atoms with van der Waals surface area (Å²) >= 11 is 0. The van der Waals surface area contributed by atoms with E-state index in [-0.39, 0.29) is 5.16 Å². The van der Waals surface area contributed by atoms with Gasteiger partial charge in [0.1, 0.15) is 0 Å². The Morgan fingerprint density at radius 2 is 1.88 bits per heavy atom. The molecular formula is C14H28NP. The molecule has 1 nitrogen and oxygen atoms in total. The summed E-state index contributed by atoms with van der Waals surface area (Å²) in [6.45, 7) is 17.2. The summed E-state index contributed by atoms with van der Waals surface area (Å²) in [6, 6.07) is 0.366. The predicted molar refractivity (Wildman–Crippen MR) is 79.5 cm³/mol. The summed E-state index contributed by atoms with van der Waals surface area (Å²) < 4.78 is 0. The van der Waals surface area contributed by atoms with Crippen LogP contribution >= 0.6 is 9.24 Å². The molecule has 0 radical (unpaired) electrons. The van der Waals surface area contributed by atoms with Gasteiger partial charge >= 0.3 is 0 Å². The number of rotatable bonds is 6. The molecule has 94 valence electrons. The van der Waals surface area contributed by atoms with Gasteiger partial charge in [0.05, 0.1) is 6.04 Å². The fourth-order valence-corrected chi connectivity index (χ4v) is 2.05. The van der Waals surface area contributed by atoms with Gasteiger partial charge in [0.15, 0.2) is 0 Å². The van der Waals surface area contributed by atoms with Crippen molar-refractivity contribution in [3.05, 3.63) is 12.7 Å². The zero-order valence-corrected chi connectivity index (χ0v) is 12.9. The summed E-state index contributed by atoms with van der Waals surface area (Å²) in [4.78, 5) is 4.75. The van der Waals surface area contributed by atoms with E-state index in [2.05, 4.69) is 57.4 Å². The second-order valence-electron chi connectivity index (χ2n) is 5.41. The molecule has 2 heteroatoms. The summed E-state index contributed by atoms with van der Waals surface area (Å²) in [5, 5.41) is 0.247. The van der Waals surface area contributed by atoms with Crippen molar-refractivity contribution in [1.29, 1.82) is 0 Å². The van der Waals surface area contributed by atoms with Crippen molar-refractivity contribution < 1.29 is 0 Å². The van der Waals surface area contributed by atoms with Crippen molar-refractivity contribution in [3.63, 3.8) is 0 Å². The Labute approximate surface area is 104 Å². The Balaban J connectivity index is 4.67. The fraction of sp³-hybridized carbons (Fsp3) is 0.786. The first kappa shape index (κ1) is 15.8. The average molecular weight is 241 g/mol. The Bertz CT molecular complexity index is 253. The number of hydrogen-bond donors (Lipinski definition) is 0. The number of allylic oxidation sites excluding steroid dienone is 1. The molecule has 0 aliphatic rings. The minimum atomic E-state index is 0.247. The van der Waals surface area contributed by atoms with E-state index in [1.807, 2.05) is 6.08 Å². The Morgan fingerprint density at radius 3 is 2.25 bits per heavy atom. The highest BCUT2D eigenvalue weighted by Crippen LogP contribution is 2.37. The van der Waals surface area contributed by atoms with E-state index in [4.69, 9.17) is 4.99 Å². The maximum atomic E-state index is 4.75. The van der Waals surface area contributed by atoms with E-state index in [0.29, 0.717) is 17.9 Å². The van der Waals surface area contributed by atoms with Crippen molar-refractivity contribution in [2.45, 2.75) is 59.2 Å². The molecule has 0 fully saturated rings. The van der Waals surface area contributed by atoms with Crippen LogP contribution in [0, 0.1) is 11.8 Å². The highest BCUT2D eigenvalue weighted by molar-refractivity contribution is 7.19. The van der Waals surface area contributed by atoms with E-state index in [9.17, 15) is 0 Å². The first-order valence-corrected chi connectivity index (χ1v) is 6.74. The lowest BCUT2D eigenvalue weighted by Gasteiger charge is -2.38. The van der Waals surface area contributed by atoms with Crippen molar-refractivity contribution in [2.75, 3.05) is 0 Å². The highest BCUT2D eigenvalue weighted by Gasteiger charge is 2.32. The largest absolute Gasteiger partial charge is 0.291 e. The Kier molecular flexibility index (Phi) is 6.48. The minimum absolute atomic E-state index is 0.247. The monoisotopic (exact) mass is 241 g/mol. The van der Waals surface area contributed by atoms with Gasteiger partial charge < -0.3 is 0 Å². The summed E-state index contributed by atoms with van der Waals surface area (Å²) in [6.07, 6.45) is 2.81. The normalized spacial score (nSPS) is 20.4. The van der Waals surface area contributed by atoms with Gasteiger partial charge in [0.25, 0.3) is 0 Å². The van der Waals surface area contributed by atoms with Gasteiger partial charge in [-0.25, -0.2) is 0 Å². The summed E-state index contributed by atoms with van der Waals surface area (Å²) in [5.41, 5.74) is 1.18. The van der Waals surface area contributed by atoms with Crippen LogP contribution in [0.25, 0.3) is 0 Å². The van der Waals surface area contributed by atoms with Gasteiger partial charge in [0.2, 0.25) is 0 Å². The molecule has 0 aliphatic heterocycles. The molecule has 0 N–H and O–H groups in total. The maximum Gasteiger partial charge on any atom is 0.0504 e. The third-order valence-electron chi connectivity index (χ3n) is 3.81. The van der Waals surface area contributed by atoms with Crippen LogP contribution < -0.4 is 0 Å². The lowest BCUT2D eigenvalue weighted by Crippen LogP contribution is -2.37. The molecule has 16 heavy (non-hydrogen) atoms. The van der Waals surface area contributed by atoms with Gasteiger partial charge in [-0.1, -0.05) is 33.8 Å². The lowest BCUT2D eigenvalue weighted by atomic mass is 9.81. The standard InChI is InChI=1S/C14H28NP/c1-8-9-11(4)15-13(6)12(5)14(7,16)10(2)3/h8,10,12-13H,1,9,16H2,2-7H3. The molecule has 0 amide bonds. The zero-order valence-electron chi connectivity index (χ0n) is 11.7. The van der Waals surface area contributed by atoms with E-state index in [0.717, 1.165) is 6.42 Å². The molecule has 0 bridgehead atoms. The SMILES string of the molecule is C=CCC(C)=NC(C)C(C)C(C)(P)C(C)C. The third-order valence-corrected chi connectivity index (χ3v) is 5.00. The van der Waals surface area contributed by atoms with Crippen LogP contribution in [-0.2, 0) is 0 Å². The molecular weight excluding hydrogens is 213 g/mol. The molecule has 0 aliphatic carbocycles. The van der Waals surface area contributed by atoms with Crippen LogP contribution in [0.5, 0.6) is 0 Å². The van der Waals surface area contributed by atoms with Gasteiger partial charge in [-0.05, 0) is 30.8 Å². The third kappa shape index (κ3) is 4.37. The minimum Gasteiger partial charge on any atom is -0.291 e. The highest BCUT2D eigenvalue weighted by atomic mass is 31.0. The van der Waals surface area contributed by atoms with Crippen molar-refractivity contribution in [1.82, 2.24) is 0 Å². The van der Waals surface area contributed by atoms with Crippen LogP contribution in [0.15, 0.2) is 17.6 Å². The summed E-state index contributed by atoms with van der Waals surface area (Å²) in [5.74, 6) is 1.20. The van der Waals surface area contributed by atoms with E-state index >= 15 is 0 Å². The summed E-state index contributed by atoms with van der Waals surface area (Å²) in [7, 11) is 3.01. The molecule has 0 aromatic carbocycles. The smallest absolute Gasteiger partial charge is 0.0504 e. The zero-order chi connectivity index (χ0) is 12.9. The van der Waals surface area contributed by atoms with Crippen LogP contribution in [0.2, 0.25) is 0 Å². The molecule has 0 heterocycles. The average Bonchev–Trinajstić information content (AvgIpc) is 2.16. The van der Waals surface area contributed by atoms with E-state index in [1.54, 1.807) is 0 Å². The first-order chi connectivity index (χ1) is 7.23. The van der Waals surface area contributed by atoms with Crippen molar-refractivity contribution in [3.8, 4) is 0 Å². The Hall–Kier alpha value is -0.160. The molecule has 0 saturated heterocycles. The quantitative estimate of drug-likeness (QED) is 0.373. The fourth-order valence-electron chi connectivity index (χ4n) is 1.77. The maximum absolute atomic E-state index is 4.75. The van der Waals surface area contributed by atoms with Gasteiger partial charge in [-0.3, -0.25) is 4.99 Å². The second kappa shape index (κ2) is 6.55. The molecule has 0 spiro atoms. The van der Waals surface area contributed by atoms with Crippen LogP contribution in [0.1, 0.15) is 48.0 Å². The van der Waals surface area contributed by atoms with Gasteiger partial charge in [0, 0.05) is 12.1 Å². The number of nitrogens with zero attached hydrogens (tertiary/aromatic N) is 1. The van der Waals surface area contributed by atoms with Gasteiger partial charge in [-0.2, -0.15) is 0 Å². The van der Waals surface area contributed by atoms with E-state index in [1.165, 1.54) is 5.71 Å². The first-order valence-electron chi connectivity index (χ1n) is 6.16. The predicted octanol–water partition coefficient (Wildman–Crippen LogP) is 4.34. The molecule has 4 atom stereocenters. The van der Waals surface area contributed by atoms with Crippen molar-refractivity contribution >= 4 is 15.0 Å².